The quantitative estimate of drug-likeness (QED) is 0.502. The fourth-order valence-electron chi connectivity index (χ4n) is 3.88. The van der Waals surface area contributed by atoms with Crippen LogP contribution in [0.4, 0.5) is 0 Å². The molecule has 8 nitrogen and oxygen atoms in total. The van der Waals surface area contributed by atoms with Crippen molar-refractivity contribution >= 4 is 0 Å². The van der Waals surface area contributed by atoms with Crippen molar-refractivity contribution in [2.75, 3.05) is 20.5 Å². The molecule has 0 radical (unpaired) electrons. The summed E-state index contributed by atoms with van der Waals surface area (Å²) in [4.78, 5) is 0. The lowest BCUT2D eigenvalue weighted by atomic mass is 10.1. The van der Waals surface area contributed by atoms with Crippen LogP contribution in [0.5, 0.6) is 5.75 Å². The Kier molecular flexibility index (Phi) is 5.87. The van der Waals surface area contributed by atoms with Gasteiger partial charge in [-0.2, -0.15) is 0 Å². The molecule has 162 valence electrons. The lowest BCUT2D eigenvalue weighted by Gasteiger charge is -2.28. The van der Waals surface area contributed by atoms with Gasteiger partial charge in [-0.25, -0.2) is 0 Å². The SMILES string of the molecule is COc1ccc(COCOC2C3OC(C)(C)O[C@H]3O[C@@H]2C2COC(C)(C)O2)cc1. The van der Waals surface area contributed by atoms with Crippen molar-refractivity contribution in [3.05, 3.63) is 29.8 Å². The van der Waals surface area contributed by atoms with E-state index in [0.29, 0.717) is 13.2 Å². The summed E-state index contributed by atoms with van der Waals surface area (Å²) in [6.07, 6.45) is -1.88. The Labute approximate surface area is 171 Å². The average molecular weight is 410 g/mol. The molecule has 3 heterocycles. The van der Waals surface area contributed by atoms with Crippen LogP contribution in [0.2, 0.25) is 0 Å². The minimum atomic E-state index is -0.724. The summed E-state index contributed by atoms with van der Waals surface area (Å²) in [6.45, 7) is 8.43. The monoisotopic (exact) mass is 410 g/mol. The molecule has 1 aromatic rings. The molecule has 3 aliphatic heterocycles. The zero-order valence-corrected chi connectivity index (χ0v) is 17.6. The first-order valence-electron chi connectivity index (χ1n) is 9.91. The third kappa shape index (κ3) is 4.74. The van der Waals surface area contributed by atoms with Gasteiger partial charge < -0.3 is 37.9 Å². The van der Waals surface area contributed by atoms with Gasteiger partial charge in [0.05, 0.1) is 20.3 Å². The van der Waals surface area contributed by atoms with Crippen molar-refractivity contribution in [3.8, 4) is 5.75 Å². The molecule has 3 aliphatic rings. The molecule has 1 aromatic carbocycles. The molecule has 5 atom stereocenters. The van der Waals surface area contributed by atoms with Gasteiger partial charge in [-0.1, -0.05) is 12.1 Å². The number of benzene rings is 1. The van der Waals surface area contributed by atoms with Gasteiger partial charge in [-0.3, -0.25) is 0 Å². The summed E-state index contributed by atoms with van der Waals surface area (Å²) in [5.41, 5.74) is 1.03. The fraction of sp³-hybridized carbons (Fsp3) is 0.714. The van der Waals surface area contributed by atoms with Crippen molar-refractivity contribution in [3.63, 3.8) is 0 Å². The van der Waals surface area contributed by atoms with Crippen molar-refractivity contribution in [1.29, 1.82) is 0 Å². The Balaban J connectivity index is 1.35. The molecule has 0 saturated carbocycles. The summed E-state index contributed by atoms with van der Waals surface area (Å²) < 4.78 is 46.6. The first kappa shape index (κ1) is 21.0. The Bertz CT molecular complexity index is 688. The lowest BCUT2D eigenvalue weighted by molar-refractivity contribution is -0.242. The van der Waals surface area contributed by atoms with Crippen molar-refractivity contribution in [2.24, 2.45) is 0 Å². The number of methoxy groups -OCH3 is 1. The topological polar surface area (TPSA) is 73.8 Å². The number of rotatable bonds is 7. The van der Waals surface area contributed by atoms with Gasteiger partial charge in [-0.05, 0) is 45.4 Å². The molecule has 3 saturated heterocycles. The fourth-order valence-corrected chi connectivity index (χ4v) is 3.88. The maximum atomic E-state index is 6.11. The number of fused-ring (bicyclic) bond motifs is 1. The zero-order chi connectivity index (χ0) is 20.6. The van der Waals surface area contributed by atoms with Crippen LogP contribution < -0.4 is 4.74 Å². The lowest BCUT2D eigenvalue weighted by Crippen LogP contribution is -2.44. The van der Waals surface area contributed by atoms with E-state index in [1.54, 1.807) is 7.11 Å². The molecule has 4 rings (SSSR count). The van der Waals surface area contributed by atoms with Crippen molar-refractivity contribution < 1.29 is 37.9 Å². The highest BCUT2D eigenvalue weighted by Crippen LogP contribution is 2.41. The van der Waals surface area contributed by atoms with Crippen LogP contribution in [-0.2, 0) is 39.8 Å². The molecule has 29 heavy (non-hydrogen) atoms. The molecular weight excluding hydrogens is 380 g/mol. The standard InChI is InChI=1S/C21H30O8/c1-20(2)25-11-15(27-20)16-17(18-19(26-16)29-21(3,4)28-18)24-12-23-10-13-6-8-14(22-5)9-7-13/h6-9,15-19H,10-12H2,1-5H3/t15?,16-,17?,18?,19-/m1/s1. The predicted molar refractivity (Wildman–Crippen MR) is 101 cm³/mol. The molecule has 3 unspecified atom stereocenters. The van der Waals surface area contributed by atoms with E-state index in [0.717, 1.165) is 11.3 Å². The minimum absolute atomic E-state index is 0.0978. The second-order valence-corrected chi connectivity index (χ2v) is 8.38. The first-order chi connectivity index (χ1) is 13.8. The smallest absolute Gasteiger partial charge is 0.190 e. The van der Waals surface area contributed by atoms with E-state index in [2.05, 4.69) is 0 Å². The Morgan fingerprint density at radius 2 is 1.72 bits per heavy atom. The van der Waals surface area contributed by atoms with E-state index in [4.69, 9.17) is 37.9 Å². The number of ether oxygens (including phenoxy) is 8. The summed E-state index contributed by atoms with van der Waals surface area (Å²) in [6, 6.07) is 7.71. The Morgan fingerprint density at radius 3 is 2.38 bits per heavy atom. The van der Waals surface area contributed by atoms with Gasteiger partial charge in [0.1, 0.15) is 37.0 Å². The van der Waals surface area contributed by atoms with Gasteiger partial charge in [0.15, 0.2) is 17.9 Å². The molecule has 0 aromatic heterocycles. The Hall–Kier alpha value is -1.26. The maximum Gasteiger partial charge on any atom is 0.190 e. The van der Waals surface area contributed by atoms with Crippen LogP contribution in [0.15, 0.2) is 24.3 Å². The van der Waals surface area contributed by atoms with Crippen LogP contribution in [0.25, 0.3) is 0 Å². The van der Waals surface area contributed by atoms with Gasteiger partial charge in [-0.15, -0.1) is 0 Å². The number of hydrogen-bond acceptors (Lipinski definition) is 8. The molecular formula is C21H30O8. The van der Waals surface area contributed by atoms with Gasteiger partial charge in [0.25, 0.3) is 0 Å². The molecule has 0 N–H and O–H groups in total. The molecule has 8 heteroatoms. The van der Waals surface area contributed by atoms with E-state index in [-0.39, 0.29) is 31.2 Å². The third-order valence-electron chi connectivity index (χ3n) is 5.20. The molecule has 0 spiro atoms. The molecule has 0 bridgehead atoms. The summed E-state index contributed by atoms with van der Waals surface area (Å²) in [5, 5.41) is 0. The summed E-state index contributed by atoms with van der Waals surface area (Å²) in [7, 11) is 1.64. The van der Waals surface area contributed by atoms with Crippen LogP contribution >= 0.6 is 0 Å². The molecule has 0 amide bonds. The highest BCUT2D eigenvalue weighted by molar-refractivity contribution is 5.26. The van der Waals surface area contributed by atoms with E-state index in [1.807, 2.05) is 52.0 Å². The highest BCUT2D eigenvalue weighted by Gasteiger charge is 2.58. The second-order valence-electron chi connectivity index (χ2n) is 8.38. The van der Waals surface area contributed by atoms with E-state index in [1.165, 1.54) is 0 Å². The summed E-state index contributed by atoms with van der Waals surface area (Å²) in [5.74, 6) is -0.565. The Morgan fingerprint density at radius 1 is 0.966 bits per heavy atom. The van der Waals surface area contributed by atoms with Crippen LogP contribution in [0.3, 0.4) is 0 Å². The van der Waals surface area contributed by atoms with E-state index in [9.17, 15) is 0 Å². The predicted octanol–water partition coefficient (Wildman–Crippen LogP) is 2.58. The zero-order valence-electron chi connectivity index (χ0n) is 17.6. The van der Waals surface area contributed by atoms with Gasteiger partial charge >= 0.3 is 0 Å². The maximum absolute atomic E-state index is 6.11. The molecule has 0 aliphatic carbocycles. The number of hydrogen-bond donors (Lipinski definition) is 0. The van der Waals surface area contributed by atoms with Crippen LogP contribution in [-0.4, -0.2) is 62.8 Å². The molecule has 3 fully saturated rings. The van der Waals surface area contributed by atoms with Gasteiger partial charge in [0.2, 0.25) is 0 Å². The van der Waals surface area contributed by atoms with Crippen LogP contribution in [0, 0.1) is 0 Å². The van der Waals surface area contributed by atoms with Crippen molar-refractivity contribution in [1.82, 2.24) is 0 Å². The first-order valence-corrected chi connectivity index (χ1v) is 9.91. The van der Waals surface area contributed by atoms with Gasteiger partial charge in [0, 0.05) is 0 Å². The normalized spacial score (nSPS) is 35.0. The second kappa shape index (κ2) is 8.11. The van der Waals surface area contributed by atoms with E-state index < -0.39 is 17.9 Å². The van der Waals surface area contributed by atoms with Crippen LogP contribution in [0.1, 0.15) is 33.3 Å². The minimum Gasteiger partial charge on any atom is -0.497 e. The van der Waals surface area contributed by atoms with Crippen molar-refractivity contribution in [2.45, 2.75) is 76.6 Å². The summed E-state index contributed by atoms with van der Waals surface area (Å²) >= 11 is 0. The van der Waals surface area contributed by atoms with E-state index >= 15 is 0 Å². The third-order valence-corrected chi connectivity index (χ3v) is 5.20. The highest BCUT2D eigenvalue weighted by atomic mass is 16.9. The average Bonchev–Trinajstić information content (AvgIpc) is 3.28. The largest absolute Gasteiger partial charge is 0.497 e.